The van der Waals surface area contributed by atoms with Crippen LogP contribution in [0.5, 0.6) is 0 Å². The highest BCUT2D eigenvalue weighted by molar-refractivity contribution is 6.00. The van der Waals surface area contributed by atoms with Gasteiger partial charge < -0.3 is 15.0 Å². The lowest BCUT2D eigenvalue weighted by Crippen LogP contribution is -2.28. The van der Waals surface area contributed by atoms with Crippen LogP contribution < -0.4 is 10.2 Å². The molecule has 2 aromatic carbocycles. The largest absolute Gasteiger partial charge is 0.455 e. The highest BCUT2D eigenvalue weighted by atomic mass is 16.5. The number of hydrogen-bond acceptors (Lipinski definition) is 4. The van der Waals surface area contributed by atoms with Crippen molar-refractivity contribution in [2.75, 3.05) is 23.4 Å². The Balaban J connectivity index is 1.57. The Kier molecular flexibility index (Phi) is 6.32. The van der Waals surface area contributed by atoms with Crippen LogP contribution in [0.2, 0.25) is 0 Å². The molecule has 1 atom stereocenters. The molecule has 29 heavy (non-hydrogen) atoms. The molecule has 6 nitrogen and oxygen atoms in total. The number of ether oxygens (including phenoxy) is 1. The summed E-state index contributed by atoms with van der Waals surface area (Å²) in [4.78, 5) is 38.7. The smallest absolute Gasteiger partial charge is 0.311 e. The van der Waals surface area contributed by atoms with Gasteiger partial charge in [0.1, 0.15) is 0 Å². The highest BCUT2D eigenvalue weighted by Crippen LogP contribution is 2.29. The van der Waals surface area contributed by atoms with Crippen LogP contribution in [0.3, 0.4) is 0 Å². The number of nitrogens with zero attached hydrogens (tertiary/aromatic N) is 1. The van der Waals surface area contributed by atoms with E-state index < -0.39 is 17.8 Å². The third kappa shape index (κ3) is 4.83. The van der Waals surface area contributed by atoms with Crippen molar-refractivity contribution in [2.24, 2.45) is 5.92 Å². The average Bonchev–Trinajstić information content (AvgIpc) is 3.10. The van der Waals surface area contributed by atoms with E-state index in [1.165, 1.54) is 0 Å². The molecule has 152 valence electrons. The van der Waals surface area contributed by atoms with Crippen LogP contribution in [-0.2, 0) is 25.5 Å². The van der Waals surface area contributed by atoms with Gasteiger partial charge in [-0.05, 0) is 49.1 Å². The third-order valence-corrected chi connectivity index (χ3v) is 5.13. The Morgan fingerprint density at radius 1 is 1.17 bits per heavy atom. The van der Waals surface area contributed by atoms with Crippen LogP contribution in [0.1, 0.15) is 30.0 Å². The zero-order valence-electron chi connectivity index (χ0n) is 17.0. The van der Waals surface area contributed by atoms with Crippen molar-refractivity contribution in [3.05, 3.63) is 59.2 Å². The Labute approximate surface area is 170 Å². The molecule has 0 aliphatic carbocycles. The molecule has 0 bridgehead atoms. The quantitative estimate of drug-likeness (QED) is 0.762. The molecule has 1 heterocycles. The molecular weight excluding hydrogens is 368 g/mol. The van der Waals surface area contributed by atoms with E-state index in [1.54, 1.807) is 4.90 Å². The van der Waals surface area contributed by atoms with Gasteiger partial charge in [0.2, 0.25) is 5.91 Å². The number of amides is 2. The standard InChI is InChI=1S/C23H26N2O4/c1-4-17-7-5-6-8-19(17)24-21(26)14-29-23(28)18-12-22(27)25(13-18)20-11-15(2)9-10-16(20)3/h5-11,18H,4,12-14H2,1-3H3,(H,24,26)/t18-/m1/s1. The van der Waals surface area contributed by atoms with Gasteiger partial charge in [-0.15, -0.1) is 0 Å². The number of para-hydroxylation sites is 1. The van der Waals surface area contributed by atoms with Crippen molar-refractivity contribution in [2.45, 2.75) is 33.6 Å². The van der Waals surface area contributed by atoms with Gasteiger partial charge >= 0.3 is 5.97 Å². The maximum absolute atomic E-state index is 12.4. The van der Waals surface area contributed by atoms with Gasteiger partial charge in [0, 0.05) is 24.3 Å². The van der Waals surface area contributed by atoms with Gasteiger partial charge in [0.15, 0.2) is 6.61 Å². The zero-order valence-corrected chi connectivity index (χ0v) is 17.0. The van der Waals surface area contributed by atoms with Gasteiger partial charge in [-0.25, -0.2) is 0 Å². The van der Waals surface area contributed by atoms with Crippen LogP contribution in [0.15, 0.2) is 42.5 Å². The number of aryl methyl sites for hydroxylation is 3. The zero-order chi connectivity index (χ0) is 21.0. The Morgan fingerprint density at radius 2 is 1.93 bits per heavy atom. The summed E-state index contributed by atoms with van der Waals surface area (Å²) in [7, 11) is 0. The van der Waals surface area contributed by atoms with Crippen molar-refractivity contribution >= 4 is 29.2 Å². The van der Waals surface area contributed by atoms with Gasteiger partial charge in [-0.1, -0.05) is 37.3 Å². The highest BCUT2D eigenvalue weighted by Gasteiger charge is 2.36. The minimum atomic E-state index is -0.571. The van der Waals surface area contributed by atoms with E-state index in [9.17, 15) is 14.4 Å². The Morgan fingerprint density at radius 3 is 2.69 bits per heavy atom. The minimum Gasteiger partial charge on any atom is -0.455 e. The summed E-state index contributed by atoms with van der Waals surface area (Å²) in [5, 5.41) is 2.77. The summed E-state index contributed by atoms with van der Waals surface area (Å²) in [6.07, 6.45) is 0.876. The molecule has 1 aliphatic rings. The molecule has 2 amide bonds. The van der Waals surface area contributed by atoms with Crippen molar-refractivity contribution < 1.29 is 19.1 Å². The Hall–Kier alpha value is -3.15. The second-order valence-electron chi connectivity index (χ2n) is 7.36. The second-order valence-corrected chi connectivity index (χ2v) is 7.36. The predicted octanol–water partition coefficient (Wildman–Crippen LogP) is 3.40. The van der Waals surface area contributed by atoms with Crippen LogP contribution in [0.4, 0.5) is 11.4 Å². The van der Waals surface area contributed by atoms with Gasteiger partial charge in [-0.2, -0.15) is 0 Å². The maximum Gasteiger partial charge on any atom is 0.311 e. The minimum absolute atomic E-state index is 0.0898. The number of rotatable bonds is 6. The lowest BCUT2D eigenvalue weighted by Gasteiger charge is -2.19. The number of anilines is 2. The summed E-state index contributed by atoms with van der Waals surface area (Å²) in [5.74, 6) is -1.60. The molecular formula is C23H26N2O4. The third-order valence-electron chi connectivity index (χ3n) is 5.13. The van der Waals surface area contributed by atoms with Crippen LogP contribution in [-0.4, -0.2) is 30.9 Å². The summed E-state index contributed by atoms with van der Waals surface area (Å²) in [6.45, 7) is 5.80. The first kappa shape index (κ1) is 20.6. The molecule has 0 radical (unpaired) electrons. The number of carbonyl (C=O) groups is 3. The van der Waals surface area contributed by atoms with Crippen molar-refractivity contribution in [3.8, 4) is 0 Å². The maximum atomic E-state index is 12.4. The topological polar surface area (TPSA) is 75.7 Å². The molecule has 0 spiro atoms. The first-order valence-electron chi connectivity index (χ1n) is 9.81. The van der Waals surface area contributed by atoms with E-state index >= 15 is 0 Å². The van der Waals surface area contributed by atoms with Crippen LogP contribution >= 0.6 is 0 Å². The number of benzene rings is 2. The molecule has 0 aromatic heterocycles. The fraction of sp³-hybridized carbons (Fsp3) is 0.348. The monoisotopic (exact) mass is 394 g/mol. The second kappa shape index (κ2) is 8.90. The van der Waals surface area contributed by atoms with E-state index in [-0.39, 0.29) is 25.5 Å². The van der Waals surface area contributed by atoms with Crippen LogP contribution in [0, 0.1) is 19.8 Å². The van der Waals surface area contributed by atoms with Crippen molar-refractivity contribution in [1.29, 1.82) is 0 Å². The van der Waals surface area contributed by atoms with Crippen LogP contribution in [0.25, 0.3) is 0 Å². The average molecular weight is 394 g/mol. The summed E-state index contributed by atoms with van der Waals surface area (Å²) >= 11 is 0. The molecule has 1 aliphatic heterocycles. The molecule has 6 heteroatoms. The molecule has 3 rings (SSSR count). The SMILES string of the molecule is CCc1ccccc1NC(=O)COC(=O)[C@@H]1CC(=O)N(c2cc(C)ccc2C)C1. The fourth-order valence-electron chi connectivity index (χ4n) is 3.50. The molecule has 1 fully saturated rings. The first-order chi connectivity index (χ1) is 13.9. The molecule has 1 N–H and O–H groups in total. The van der Waals surface area contributed by atoms with Gasteiger partial charge in [0.05, 0.1) is 5.92 Å². The summed E-state index contributed by atoms with van der Waals surface area (Å²) < 4.78 is 5.19. The van der Waals surface area contributed by atoms with E-state index in [2.05, 4.69) is 5.32 Å². The number of hydrogen-bond donors (Lipinski definition) is 1. The van der Waals surface area contributed by atoms with Crippen molar-refractivity contribution in [3.63, 3.8) is 0 Å². The lowest BCUT2D eigenvalue weighted by molar-refractivity contribution is -0.151. The summed E-state index contributed by atoms with van der Waals surface area (Å²) in [6, 6.07) is 13.4. The number of nitrogens with one attached hydrogen (secondary N) is 1. The number of carbonyl (C=O) groups excluding carboxylic acids is 3. The number of esters is 1. The normalized spacial score (nSPS) is 16.0. The van der Waals surface area contributed by atoms with E-state index in [0.29, 0.717) is 5.69 Å². The van der Waals surface area contributed by atoms with Crippen molar-refractivity contribution in [1.82, 2.24) is 0 Å². The first-order valence-corrected chi connectivity index (χ1v) is 9.81. The van der Waals surface area contributed by atoms with Gasteiger partial charge in [0.25, 0.3) is 5.91 Å². The summed E-state index contributed by atoms with van der Waals surface area (Å²) in [5.41, 5.74) is 4.57. The fourth-order valence-corrected chi connectivity index (χ4v) is 3.50. The molecule has 1 saturated heterocycles. The van der Waals surface area contributed by atoms with E-state index in [4.69, 9.17) is 4.74 Å². The van der Waals surface area contributed by atoms with Gasteiger partial charge in [-0.3, -0.25) is 14.4 Å². The molecule has 0 saturated carbocycles. The molecule has 0 unspecified atom stereocenters. The van der Waals surface area contributed by atoms with E-state index in [0.717, 1.165) is 28.8 Å². The van der Waals surface area contributed by atoms with E-state index in [1.807, 2.05) is 63.2 Å². The predicted molar refractivity (Wildman–Crippen MR) is 112 cm³/mol. The Bertz CT molecular complexity index is 938. The molecule has 2 aromatic rings. The lowest BCUT2D eigenvalue weighted by atomic mass is 10.1.